The number of rotatable bonds is 5. The summed E-state index contributed by atoms with van der Waals surface area (Å²) in [5.74, 6) is -4.12. The van der Waals surface area contributed by atoms with Crippen LogP contribution >= 0.6 is 0 Å². The van der Waals surface area contributed by atoms with Gasteiger partial charge in [0.1, 0.15) is 0 Å². The summed E-state index contributed by atoms with van der Waals surface area (Å²) < 4.78 is 0. The van der Waals surface area contributed by atoms with E-state index in [4.69, 9.17) is 0 Å². The molecule has 0 spiro atoms. The van der Waals surface area contributed by atoms with E-state index in [-0.39, 0.29) is 17.4 Å². The minimum Gasteiger partial charge on any atom is -0.478 e. The topological polar surface area (TPSA) is 112 Å². The number of aromatic carboxylic acids is 3. The molecule has 0 unspecified atom stereocenters. The van der Waals surface area contributed by atoms with E-state index in [0.717, 1.165) is 69.8 Å². The van der Waals surface area contributed by atoms with Crippen LogP contribution in [-0.4, -0.2) is 33.2 Å². The molecule has 2 saturated carbocycles. The van der Waals surface area contributed by atoms with Gasteiger partial charge >= 0.3 is 17.9 Å². The van der Waals surface area contributed by atoms with Gasteiger partial charge in [0, 0.05) is 0 Å². The lowest BCUT2D eigenvalue weighted by molar-refractivity contribution is 0.0631. The number of carboxylic acids is 3. The van der Waals surface area contributed by atoms with Gasteiger partial charge in [-0.1, -0.05) is 38.5 Å². The molecule has 27 heavy (non-hydrogen) atoms. The lowest BCUT2D eigenvalue weighted by Gasteiger charge is -2.32. The number of carbonyl (C=O) groups is 3. The number of benzene rings is 1. The first kappa shape index (κ1) is 19.4. The molecule has 0 radical (unpaired) electrons. The minimum absolute atomic E-state index is 0.0114. The highest BCUT2D eigenvalue weighted by Gasteiger charge is 2.35. The van der Waals surface area contributed by atoms with Crippen LogP contribution in [0.15, 0.2) is 6.07 Å². The van der Waals surface area contributed by atoms with Crippen LogP contribution in [-0.2, 0) is 0 Å². The van der Waals surface area contributed by atoms with Gasteiger partial charge in [0.25, 0.3) is 0 Å². The molecule has 3 N–H and O–H groups in total. The third-order valence-electron chi connectivity index (χ3n) is 6.12. The van der Waals surface area contributed by atoms with Crippen molar-refractivity contribution in [3.63, 3.8) is 0 Å². The first-order valence-electron chi connectivity index (χ1n) is 9.82. The lowest BCUT2D eigenvalue weighted by atomic mass is 9.72. The van der Waals surface area contributed by atoms with Crippen molar-refractivity contribution in [1.82, 2.24) is 0 Å². The summed E-state index contributed by atoms with van der Waals surface area (Å²) in [7, 11) is 0. The molecule has 6 nitrogen and oxygen atoms in total. The summed E-state index contributed by atoms with van der Waals surface area (Å²) in [6.45, 7) is 0. The normalized spacial score (nSPS) is 19.0. The standard InChI is InChI=1S/C21H26O6/c22-19(23)15-11-14(12-7-3-1-4-8-12)16(13-9-5-2-6-10-13)18(21(26)27)17(15)20(24)25/h11-13H,1-10H2,(H,22,23)(H,24,25)(H,26,27). The molecule has 0 heterocycles. The van der Waals surface area contributed by atoms with Crippen LogP contribution in [0, 0.1) is 0 Å². The van der Waals surface area contributed by atoms with Crippen molar-refractivity contribution in [3.05, 3.63) is 33.9 Å². The maximum absolute atomic E-state index is 12.1. The largest absolute Gasteiger partial charge is 0.478 e. The zero-order valence-electron chi connectivity index (χ0n) is 15.4. The molecule has 3 rings (SSSR count). The summed E-state index contributed by atoms with van der Waals surface area (Å²) >= 11 is 0. The molecule has 1 aromatic carbocycles. The molecular weight excluding hydrogens is 348 g/mol. The van der Waals surface area contributed by atoms with Crippen LogP contribution in [0.5, 0.6) is 0 Å². The monoisotopic (exact) mass is 374 g/mol. The van der Waals surface area contributed by atoms with Crippen molar-refractivity contribution < 1.29 is 29.7 Å². The third-order valence-corrected chi connectivity index (χ3v) is 6.12. The lowest BCUT2D eigenvalue weighted by Crippen LogP contribution is -2.23. The predicted octanol–water partition coefficient (Wildman–Crippen LogP) is 4.88. The van der Waals surface area contributed by atoms with Gasteiger partial charge in [0.15, 0.2) is 0 Å². The van der Waals surface area contributed by atoms with E-state index in [2.05, 4.69) is 0 Å². The van der Waals surface area contributed by atoms with Gasteiger partial charge < -0.3 is 15.3 Å². The fraction of sp³-hybridized carbons (Fsp3) is 0.571. The summed E-state index contributed by atoms with van der Waals surface area (Å²) in [4.78, 5) is 35.8. The molecular formula is C21H26O6. The summed E-state index contributed by atoms with van der Waals surface area (Å²) in [6.07, 6.45) is 9.68. The van der Waals surface area contributed by atoms with Crippen LogP contribution in [0.2, 0.25) is 0 Å². The van der Waals surface area contributed by atoms with Gasteiger partial charge in [0.05, 0.1) is 16.7 Å². The van der Waals surface area contributed by atoms with Crippen molar-refractivity contribution in [3.8, 4) is 0 Å². The zero-order valence-corrected chi connectivity index (χ0v) is 15.4. The average molecular weight is 374 g/mol. The fourth-order valence-electron chi connectivity index (χ4n) is 4.91. The summed E-state index contributed by atoms with van der Waals surface area (Å²) in [5, 5.41) is 29.1. The van der Waals surface area contributed by atoms with Gasteiger partial charge in [0.2, 0.25) is 0 Å². The first-order chi connectivity index (χ1) is 12.9. The summed E-state index contributed by atoms with van der Waals surface area (Å²) in [6, 6.07) is 1.47. The Kier molecular flexibility index (Phi) is 5.82. The maximum atomic E-state index is 12.1. The highest BCUT2D eigenvalue weighted by atomic mass is 16.4. The second-order valence-electron chi connectivity index (χ2n) is 7.76. The predicted molar refractivity (Wildman–Crippen MR) is 99.0 cm³/mol. The van der Waals surface area contributed by atoms with Gasteiger partial charge in [-0.05, 0) is 54.7 Å². The van der Waals surface area contributed by atoms with E-state index in [0.29, 0.717) is 5.56 Å². The maximum Gasteiger partial charge on any atom is 0.337 e. The molecule has 146 valence electrons. The Bertz CT molecular complexity index is 754. The molecule has 2 aliphatic rings. The quantitative estimate of drug-likeness (QED) is 0.677. The van der Waals surface area contributed by atoms with Crippen molar-refractivity contribution in [1.29, 1.82) is 0 Å². The van der Waals surface area contributed by atoms with E-state index in [1.165, 1.54) is 6.07 Å². The molecule has 0 aromatic heterocycles. The van der Waals surface area contributed by atoms with Crippen LogP contribution in [0.4, 0.5) is 0 Å². The second kappa shape index (κ2) is 8.11. The van der Waals surface area contributed by atoms with E-state index < -0.39 is 29.0 Å². The summed E-state index contributed by atoms with van der Waals surface area (Å²) in [5.41, 5.74) is 0.0861. The molecule has 0 amide bonds. The van der Waals surface area contributed by atoms with E-state index in [1.54, 1.807) is 0 Å². The van der Waals surface area contributed by atoms with Crippen molar-refractivity contribution in [2.24, 2.45) is 0 Å². The van der Waals surface area contributed by atoms with Crippen LogP contribution in [0.1, 0.15) is 118 Å². The van der Waals surface area contributed by atoms with E-state index in [9.17, 15) is 29.7 Å². The number of hydrogen-bond acceptors (Lipinski definition) is 3. The minimum atomic E-state index is -1.49. The molecule has 0 saturated heterocycles. The Labute approximate surface area is 158 Å². The van der Waals surface area contributed by atoms with E-state index >= 15 is 0 Å². The SMILES string of the molecule is O=C(O)c1cc(C2CCCCC2)c(C2CCCCC2)c(C(=O)O)c1C(=O)O. The van der Waals surface area contributed by atoms with Gasteiger partial charge in [-0.2, -0.15) is 0 Å². The first-order valence-corrected chi connectivity index (χ1v) is 9.82. The van der Waals surface area contributed by atoms with Crippen molar-refractivity contribution >= 4 is 17.9 Å². The highest BCUT2D eigenvalue weighted by molar-refractivity contribution is 6.10. The zero-order chi connectivity index (χ0) is 19.6. The number of hydrogen-bond donors (Lipinski definition) is 3. The fourth-order valence-corrected chi connectivity index (χ4v) is 4.91. The molecule has 6 heteroatoms. The van der Waals surface area contributed by atoms with E-state index in [1.807, 2.05) is 0 Å². The van der Waals surface area contributed by atoms with Crippen molar-refractivity contribution in [2.75, 3.05) is 0 Å². The second-order valence-corrected chi connectivity index (χ2v) is 7.76. The van der Waals surface area contributed by atoms with Crippen LogP contribution in [0.25, 0.3) is 0 Å². The Morgan fingerprint density at radius 2 is 1.15 bits per heavy atom. The molecule has 0 aliphatic heterocycles. The Balaban J connectivity index is 2.30. The Hall–Kier alpha value is -2.37. The van der Waals surface area contributed by atoms with Gasteiger partial charge in [-0.3, -0.25) is 0 Å². The van der Waals surface area contributed by atoms with Crippen LogP contribution in [0.3, 0.4) is 0 Å². The number of carboxylic acid groups (broad SMARTS) is 3. The third kappa shape index (κ3) is 3.84. The molecule has 1 aromatic rings. The Morgan fingerprint density at radius 1 is 0.667 bits per heavy atom. The van der Waals surface area contributed by atoms with Crippen LogP contribution < -0.4 is 0 Å². The smallest absolute Gasteiger partial charge is 0.337 e. The van der Waals surface area contributed by atoms with Gasteiger partial charge in [-0.25, -0.2) is 14.4 Å². The molecule has 0 bridgehead atoms. The molecule has 2 fully saturated rings. The highest BCUT2D eigenvalue weighted by Crippen LogP contribution is 2.44. The Morgan fingerprint density at radius 3 is 1.59 bits per heavy atom. The molecule has 0 atom stereocenters. The average Bonchev–Trinajstić information content (AvgIpc) is 2.67. The molecule has 2 aliphatic carbocycles. The van der Waals surface area contributed by atoms with Crippen molar-refractivity contribution in [2.45, 2.75) is 76.0 Å². The van der Waals surface area contributed by atoms with Gasteiger partial charge in [-0.15, -0.1) is 0 Å².